The van der Waals surface area contributed by atoms with Gasteiger partial charge in [-0.1, -0.05) is 6.92 Å². The van der Waals surface area contributed by atoms with E-state index in [0.717, 1.165) is 12.0 Å². The van der Waals surface area contributed by atoms with E-state index in [-0.39, 0.29) is 49.8 Å². The van der Waals surface area contributed by atoms with Gasteiger partial charge in [-0.2, -0.15) is 0 Å². The number of aliphatic hydroxyl groups excluding tert-OH is 1. The number of anilines is 1. The lowest BCUT2D eigenvalue weighted by Crippen LogP contribution is -2.47. The monoisotopic (exact) mass is 468 g/mol. The third-order valence-electron chi connectivity index (χ3n) is 6.38. The van der Waals surface area contributed by atoms with Crippen LogP contribution in [-0.2, 0) is 9.53 Å². The summed E-state index contributed by atoms with van der Waals surface area (Å²) in [5.41, 5.74) is 2.03. The standard InChI is InChI=1S/C25H28N2O7/c1-2-7-26-23(29)11-16-10-18-17-9-15(4-6-19(17)34-24(18)22(12-28)33-16)27-25(30)14-3-5-20-21(8-14)32-13-31-20/h3-6,8-9,16,18,22,24,28H,2,7,10-13H2,1H3,(H,26,29)(H,27,30)/t16-,18-,22-,24+/m1/s1. The zero-order valence-corrected chi connectivity index (χ0v) is 18.9. The number of benzene rings is 2. The maximum Gasteiger partial charge on any atom is 0.255 e. The number of amides is 2. The molecule has 1 fully saturated rings. The lowest BCUT2D eigenvalue weighted by Gasteiger charge is -2.37. The van der Waals surface area contributed by atoms with E-state index in [0.29, 0.717) is 41.5 Å². The molecule has 3 N–H and O–H groups in total. The lowest BCUT2D eigenvalue weighted by molar-refractivity contribution is -0.142. The Labute approximate surface area is 197 Å². The molecule has 3 aliphatic rings. The van der Waals surface area contributed by atoms with Crippen LogP contribution in [0, 0.1) is 0 Å². The summed E-state index contributed by atoms with van der Waals surface area (Å²) in [7, 11) is 0. The van der Waals surface area contributed by atoms with Gasteiger partial charge in [0.25, 0.3) is 5.91 Å². The predicted octanol–water partition coefficient (Wildman–Crippen LogP) is 2.58. The number of aliphatic hydroxyl groups is 1. The maximum atomic E-state index is 12.8. The molecule has 2 amide bonds. The summed E-state index contributed by atoms with van der Waals surface area (Å²) in [4.78, 5) is 25.1. The molecular formula is C25H28N2O7. The molecule has 1 saturated heterocycles. The highest BCUT2D eigenvalue weighted by atomic mass is 16.7. The quantitative estimate of drug-likeness (QED) is 0.572. The average molecular weight is 469 g/mol. The Hall–Kier alpha value is -3.30. The predicted molar refractivity (Wildman–Crippen MR) is 122 cm³/mol. The summed E-state index contributed by atoms with van der Waals surface area (Å²) < 4.78 is 22.8. The van der Waals surface area contributed by atoms with Gasteiger partial charge in [0.05, 0.1) is 19.1 Å². The fraction of sp³-hybridized carbons (Fsp3) is 0.440. The molecule has 34 heavy (non-hydrogen) atoms. The van der Waals surface area contributed by atoms with Crippen molar-refractivity contribution in [2.24, 2.45) is 0 Å². The zero-order chi connectivity index (χ0) is 23.7. The second kappa shape index (κ2) is 9.52. The number of rotatable bonds is 7. The van der Waals surface area contributed by atoms with E-state index < -0.39 is 6.10 Å². The van der Waals surface area contributed by atoms with E-state index in [1.54, 1.807) is 24.3 Å². The van der Waals surface area contributed by atoms with Crippen LogP contribution in [-0.4, -0.2) is 55.2 Å². The summed E-state index contributed by atoms with van der Waals surface area (Å²) in [5.74, 6) is 1.49. The molecule has 0 aromatic heterocycles. The van der Waals surface area contributed by atoms with Crippen LogP contribution in [0.1, 0.15) is 48.0 Å². The van der Waals surface area contributed by atoms with Crippen LogP contribution in [0.4, 0.5) is 5.69 Å². The van der Waals surface area contributed by atoms with Crippen molar-refractivity contribution in [2.45, 2.75) is 50.4 Å². The second-order valence-corrected chi connectivity index (χ2v) is 8.73. The Balaban J connectivity index is 1.31. The molecule has 180 valence electrons. The van der Waals surface area contributed by atoms with E-state index in [4.69, 9.17) is 18.9 Å². The molecule has 5 rings (SSSR count). The molecule has 4 atom stereocenters. The molecule has 0 saturated carbocycles. The van der Waals surface area contributed by atoms with Gasteiger partial charge in [-0.3, -0.25) is 9.59 Å². The maximum absolute atomic E-state index is 12.8. The number of ether oxygens (including phenoxy) is 4. The number of fused-ring (bicyclic) bond motifs is 4. The van der Waals surface area contributed by atoms with Crippen molar-refractivity contribution in [3.63, 3.8) is 0 Å². The van der Waals surface area contributed by atoms with Crippen LogP contribution >= 0.6 is 0 Å². The van der Waals surface area contributed by atoms with Gasteiger partial charge in [-0.15, -0.1) is 0 Å². The molecule has 2 aromatic rings. The topological polar surface area (TPSA) is 115 Å². The minimum atomic E-state index is -0.526. The van der Waals surface area contributed by atoms with E-state index >= 15 is 0 Å². The molecule has 0 radical (unpaired) electrons. The van der Waals surface area contributed by atoms with Gasteiger partial charge in [0.2, 0.25) is 12.7 Å². The number of carbonyl (C=O) groups excluding carboxylic acids is 2. The van der Waals surface area contributed by atoms with Crippen molar-refractivity contribution in [1.82, 2.24) is 5.32 Å². The second-order valence-electron chi connectivity index (χ2n) is 8.73. The fourth-order valence-electron chi connectivity index (χ4n) is 4.75. The van der Waals surface area contributed by atoms with Gasteiger partial charge in [-0.25, -0.2) is 0 Å². The molecule has 3 heterocycles. The lowest BCUT2D eigenvalue weighted by atomic mass is 9.84. The first kappa shape index (κ1) is 22.5. The molecule has 0 aliphatic carbocycles. The first-order valence-corrected chi connectivity index (χ1v) is 11.6. The highest BCUT2D eigenvalue weighted by molar-refractivity contribution is 6.04. The Bertz CT molecular complexity index is 1090. The van der Waals surface area contributed by atoms with Crippen molar-refractivity contribution in [2.75, 3.05) is 25.3 Å². The van der Waals surface area contributed by atoms with E-state index in [1.165, 1.54) is 0 Å². The van der Waals surface area contributed by atoms with Crippen LogP contribution in [0.3, 0.4) is 0 Å². The number of hydrogen-bond acceptors (Lipinski definition) is 7. The Morgan fingerprint density at radius 1 is 1.09 bits per heavy atom. The van der Waals surface area contributed by atoms with E-state index in [1.807, 2.05) is 19.1 Å². The van der Waals surface area contributed by atoms with Gasteiger partial charge in [-0.05, 0) is 49.2 Å². The molecular weight excluding hydrogens is 440 g/mol. The summed E-state index contributed by atoms with van der Waals surface area (Å²) in [6.07, 6.45) is 0.500. The number of carbonyl (C=O) groups is 2. The minimum Gasteiger partial charge on any atom is -0.487 e. The number of hydrogen-bond donors (Lipinski definition) is 3. The van der Waals surface area contributed by atoms with E-state index in [2.05, 4.69) is 10.6 Å². The van der Waals surface area contributed by atoms with Crippen molar-refractivity contribution >= 4 is 17.5 Å². The molecule has 3 aliphatic heterocycles. The van der Waals surface area contributed by atoms with Gasteiger partial charge in [0.15, 0.2) is 11.5 Å². The minimum absolute atomic E-state index is 0.0488. The highest BCUT2D eigenvalue weighted by Crippen LogP contribution is 2.47. The third-order valence-corrected chi connectivity index (χ3v) is 6.38. The van der Waals surface area contributed by atoms with Gasteiger partial charge >= 0.3 is 0 Å². The SMILES string of the molecule is CCCNC(=O)C[C@H]1C[C@@H]2c3cc(NC(=O)c4ccc5c(c4)OCO5)ccc3O[C@@H]2[C@@H](CO)O1. The van der Waals surface area contributed by atoms with Crippen LogP contribution in [0.15, 0.2) is 36.4 Å². The smallest absolute Gasteiger partial charge is 0.255 e. The van der Waals surface area contributed by atoms with Crippen molar-refractivity contribution in [3.05, 3.63) is 47.5 Å². The summed E-state index contributed by atoms with van der Waals surface area (Å²) in [6.45, 7) is 2.57. The van der Waals surface area contributed by atoms with Crippen molar-refractivity contribution in [1.29, 1.82) is 0 Å². The normalized spacial score (nSPS) is 24.1. The van der Waals surface area contributed by atoms with Crippen LogP contribution in [0.5, 0.6) is 17.2 Å². The number of nitrogens with one attached hydrogen (secondary N) is 2. The fourth-order valence-corrected chi connectivity index (χ4v) is 4.75. The van der Waals surface area contributed by atoms with Crippen LogP contribution in [0.25, 0.3) is 0 Å². The summed E-state index contributed by atoms with van der Waals surface area (Å²) in [5, 5.41) is 15.7. The third kappa shape index (κ3) is 4.41. The van der Waals surface area contributed by atoms with Gasteiger partial charge in [0, 0.05) is 29.3 Å². The van der Waals surface area contributed by atoms with Crippen LogP contribution < -0.4 is 24.8 Å². The molecule has 2 aromatic carbocycles. The van der Waals surface area contributed by atoms with Gasteiger partial charge < -0.3 is 34.7 Å². The first-order chi connectivity index (χ1) is 16.6. The van der Waals surface area contributed by atoms with Gasteiger partial charge in [0.1, 0.15) is 18.0 Å². The van der Waals surface area contributed by atoms with Crippen molar-refractivity contribution in [3.8, 4) is 17.2 Å². The Kier molecular flexibility index (Phi) is 6.30. The van der Waals surface area contributed by atoms with E-state index in [9.17, 15) is 14.7 Å². The highest BCUT2D eigenvalue weighted by Gasteiger charge is 2.46. The average Bonchev–Trinajstić information content (AvgIpc) is 3.46. The molecule has 0 bridgehead atoms. The molecule has 0 spiro atoms. The summed E-state index contributed by atoms with van der Waals surface area (Å²) >= 11 is 0. The van der Waals surface area contributed by atoms with Crippen molar-refractivity contribution < 1.29 is 33.6 Å². The first-order valence-electron chi connectivity index (χ1n) is 11.6. The zero-order valence-electron chi connectivity index (χ0n) is 18.9. The largest absolute Gasteiger partial charge is 0.487 e. The Morgan fingerprint density at radius 3 is 2.74 bits per heavy atom. The molecule has 9 heteroatoms. The molecule has 0 unspecified atom stereocenters. The van der Waals surface area contributed by atoms with Crippen LogP contribution in [0.2, 0.25) is 0 Å². The Morgan fingerprint density at radius 2 is 1.91 bits per heavy atom. The molecule has 9 nitrogen and oxygen atoms in total. The summed E-state index contributed by atoms with van der Waals surface area (Å²) in [6, 6.07) is 10.6.